The van der Waals surface area contributed by atoms with E-state index in [4.69, 9.17) is 10.5 Å². The van der Waals surface area contributed by atoms with E-state index in [9.17, 15) is 0 Å². The van der Waals surface area contributed by atoms with E-state index in [-0.39, 0.29) is 25.8 Å². The Morgan fingerprint density at radius 1 is 0.778 bits per heavy atom. The molecule has 0 aliphatic carbocycles. The third-order valence-corrected chi connectivity index (χ3v) is 4.63. The zero-order valence-corrected chi connectivity index (χ0v) is 19.8. The molecule has 0 unspecified atom stereocenters. The summed E-state index contributed by atoms with van der Waals surface area (Å²) in [4.78, 5) is 9.11. The standard InChI is InChI=1S/C12H10Si.C9H7.C2H5NO.Hf/c1-3-7-11(8-4-1)13-12-9-5-2-6-10-12;1-2-5-9-7-3-6-8(9)4-1;1-2(3)4;/h1-10H;1-7H;1H3,(H2,3,4);/q;-1;;/p-1. The molecule has 0 aliphatic rings. The van der Waals surface area contributed by atoms with Gasteiger partial charge in [0.15, 0.2) is 0 Å². The average Bonchev–Trinajstić information content (AvgIpc) is 3.12. The van der Waals surface area contributed by atoms with Gasteiger partial charge >= 0.3 is 0 Å². The van der Waals surface area contributed by atoms with Gasteiger partial charge in [0.05, 0.1) is 0 Å². The summed E-state index contributed by atoms with van der Waals surface area (Å²) in [6, 6.07) is 35.8. The minimum atomic E-state index is -0.583. The largest absolute Gasteiger partial charge is 0.668 e. The van der Waals surface area contributed by atoms with Gasteiger partial charge in [0, 0.05) is 31.8 Å². The monoisotopic (exact) mass is 535 g/mol. The molecule has 0 atom stereocenters. The Bertz CT molecular complexity index is 835. The van der Waals surface area contributed by atoms with Gasteiger partial charge in [0.25, 0.3) is 0 Å². The van der Waals surface area contributed by atoms with Crippen LogP contribution in [0.5, 0.6) is 0 Å². The van der Waals surface area contributed by atoms with E-state index in [0.29, 0.717) is 0 Å². The summed E-state index contributed by atoms with van der Waals surface area (Å²) < 4.78 is 0. The summed E-state index contributed by atoms with van der Waals surface area (Å²) in [6.07, 6.45) is 0. The third kappa shape index (κ3) is 9.36. The molecule has 2 radical (unpaired) electrons. The second-order valence-electron chi connectivity index (χ2n) is 5.57. The molecule has 134 valence electrons. The fraction of sp³-hybridized carbons (Fsp3) is 0.0435. The predicted molar refractivity (Wildman–Crippen MR) is 112 cm³/mol. The molecule has 4 rings (SSSR count). The van der Waals surface area contributed by atoms with Gasteiger partial charge in [0.2, 0.25) is 0 Å². The Morgan fingerprint density at radius 3 is 1.70 bits per heavy atom. The van der Waals surface area contributed by atoms with E-state index in [1.165, 1.54) is 28.1 Å². The number of benzene rings is 3. The van der Waals surface area contributed by atoms with Crippen molar-refractivity contribution in [1.82, 2.24) is 0 Å². The number of amides is 1. The van der Waals surface area contributed by atoms with E-state index in [0.717, 1.165) is 9.52 Å². The number of carbonyl (C=O) groups excluding carboxylic acids is 1. The second-order valence-corrected chi connectivity index (χ2v) is 6.97. The molecule has 0 saturated heterocycles. The topological polar surface area (TPSA) is 40.9 Å². The Morgan fingerprint density at radius 2 is 1.22 bits per heavy atom. The van der Waals surface area contributed by atoms with Crippen molar-refractivity contribution in [3.8, 4) is 0 Å². The third-order valence-electron chi connectivity index (χ3n) is 3.38. The van der Waals surface area contributed by atoms with E-state index in [1.54, 1.807) is 0 Å². The number of hydrogen-bond acceptors (Lipinski definition) is 1. The summed E-state index contributed by atoms with van der Waals surface area (Å²) in [5.41, 5.74) is 5.94. The fourth-order valence-corrected chi connectivity index (χ4v) is 3.33. The first kappa shape index (κ1) is 22.9. The molecule has 1 amide bonds. The van der Waals surface area contributed by atoms with Crippen LogP contribution in [0.15, 0.2) is 103 Å². The van der Waals surface area contributed by atoms with Gasteiger partial charge in [-0.3, -0.25) is 0 Å². The molecule has 0 saturated carbocycles. The summed E-state index contributed by atoms with van der Waals surface area (Å²) in [5.74, 6) is -0.583. The molecular formula is C23H21HfNOSi-2. The van der Waals surface area contributed by atoms with Gasteiger partial charge in [-0.25, -0.2) is 0 Å². The molecule has 0 fully saturated rings. The number of carbonyl (C=O) groups is 1. The van der Waals surface area contributed by atoms with E-state index in [1.807, 2.05) is 0 Å². The zero-order valence-electron chi connectivity index (χ0n) is 15.2. The summed E-state index contributed by atoms with van der Waals surface area (Å²) >= 11 is 0. The van der Waals surface area contributed by atoms with Crippen molar-refractivity contribution in [3.63, 3.8) is 0 Å². The zero-order chi connectivity index (χ0) is 18.6. The van der Waals surface area contributed by atoms with Crippen molar-refractivity contribution in [2.24, 2.45) is 0 Å². The van der Waals surface area contributed by atoms with Gasteiger partial charge in [-0.1, -0.05) is 77.1 Å². The van der Waals surface area contributed by atoms with Crippen molar-refractivity contribution in [3.05, 3.63) is 109 Å². The van der Waals surface area contributed by atoms with Crippen molar-refractivity contribution < 1.29 is 30.6 Å². The number of fused-ring (bicyclic) bond motifs is 1. The van der Waals surface area contributed by atoms with Crippen molar-refractivity contribution in [2.45, 2.75) is 6.92 Å². The van der Waals surface area contributed by atoms with Crippen LogP contribution in [0.2, 0.25) is 0 Å². The minimum Gasteiger partial charge on any atom is -0.668 e. The maximum atomic E-state index is 9.11. The normalized spacial score (nSPS) is 9.07. The van der Waals surface area contributed by atoms with Crippen LogP contribution in [-0.2, 0) is 30.6 Å². The van der Waals surface area contributed by atoms with Crippen molar-refractivity contribution in [1.29, 1.82) is 0 Å². The van der Waals surface area contributed by atoms with E-state index < -0.39 is 5.91 Å². The number of rotatable bonds is 2. The first-order valence-corrected chi connectivity index (χ1v) is 9.35. The fourth-order valence-electron chi connectivity index (χ4n) is 2.28. The smallest absolute Gasteiger partial charge is 0.121 e. The first-order chi connectivity index (χ1) is 12.6. The summed E-state index contributed by atoms with van der Waals surface area (Å²) in [7, 11) is 0.777. The predicted octanol–water partition coefficient (Wildman–Crippen LogP) is 4.48. The molecule has 0 spiro atoms. The molecule has 0 aliphatic heterocycles. The summed E-state index contributed by atoms with van der Waals surface area (Å²) in [6.45, 7) is 1.19. The molecule has 4 aromatic rings. The Hall–Kier alpha value is -2.17. The van der Waals surface area contributed by atoms with Crippen molar-refractivity contribution >= 4 is 36.6 Å². The van der Waals surface area contributed by atoms with Crippen LogP contribution in [0.25, 0.3) is 16.5 Å². The van der Waals surface area contributed by atoms with Crippen LogP contribution >= 0.6 is 0 Å². The Balaban J connectivity index is 0.000000228. The van der Waals surface area contributed by atoms with Crippen LogP contribution in [-0.4, -0.2) is 15.4 Å². The van der Waals surface area contributed by atoms with Gasteiger partial charge < -0.3 is 10.5 Å². The van der Waals surface area contributed by atoms with Gasteiger partial charge in [-0.2, -0.15) is 17.5 Å². The first-order valence-electron chi connectivity index (χ1n) is 8.35. The van der Waals surface area contributed by atoms with Crippen LogP contribution in [0.4, 0.5) is 0 Å². The maximum absolute atomic E-state index is 9.11. The Labute approximate surface area is 182 Å². The Kier molecular flexibility index (Phi) is 11.1. The quantitative estimate of drug-likeness (QED) is 0.277. The van der Waals surface area contributed by atoms with Gasteiger partial charge in [-0.05, 0) is 6.92 Å². The number of hydrogen-bond donors (Lipinski definition) is 0. The molecule has 0 aromatic heterocycles. The molecule has 0 heterocycles. The molecule has 0 bridgehead atoms. The van der Waals surface area contributed by atoms with Crippen LogP contribution in [0.1, 0.15) is 6.92 Å². The molecule has 1 N–H and O–H groups in total. The second kappa shape index (κ2) is 13.1. The molecule has 4 aromatic carbocycles. The summed E-state index contributed by atoms with van der Waals surface area (Å²) in [5, 5.41) is 5.46. The number of nitrogens with one attached hydrogen (secondary N) is 1. The average molecular weight is 534 g/mol. The SMILES string of the molecule is CC([NH-])=O.[Hf].c1ccc([Si]c2ccccc2)cc1.c1ccc2[cH-]ccc2c1. The van der Waals surface area contributed by atoms with Crippen LogP contribution < -0.4 is 10.4 Å². The van der Waals surface area contributed by atoms with Crippen molar-refractivity contribution in [2.75, 3.05) is 0 Å². The van der Waals surface area contributed by atoms with Gasteiger partial charge in [0.1, 0.15) is 9.52 Å². The molecule has 2 nitrogen and oxygen atoms in total. The molecular weight excluding hydrogens is 513 g/mol. The van der Waals surface area contributed by atoms with Gasteiger partial charge in [-0.15, -0.1) is 29.7 Å². The van der Waals surface area contributed by atoms with Crippen LogP contribution in [0, 0.1) is 0 Å². The maximum Gasteiger partial charge on any atom is 0.121 e. The molecule has 27 heavy (non-hydrogen) atoms. The van der Waals surface area contributed by atoms with E-state index in [2.05, 4.69) is 103 Å². The molecule has 4 heteroatoms. The van der Waals surface area contributed by atoms with Crippen LogP contribution in [0.3, 0.4) is 0 Å². The minimum absolute atomic E-state index is 0. The van der Waals surface area contributed by atoms with E-state index >= 15 is 0 Å².